The highest BCUT2D eigenvalue weighted by molar-refractivity contribution is 5.30. The predicted molar refractivity (Wildman–Crippen MR) is 65.3 cm³/mol. The molecule has 1 nitrogen and oxygen atoms in total. The summed E-state index contributed by atoms with van der Waals surface area (Å²) in [5.74, 6) is 0.547. The lowest BCUT2D eigenvalue weighted by atomic mass is 9.97. The number of nitrogens with one attached hydrogen (secondary N) is 1. The fourth-order valence-corrected chi connectivity index (χ4v) is 2.38. The van der Waals surface area contributed by atoms with Crippen molar-refractivity contribution >= 4 is 0 Å². The van der Waals surface area contributed by atoms with Crippen molar-refractivity contribution in [1.29, 1.82) is 0 Å². The van der Waals surface area contributed by atoms with Crippen LogP contribution in [0.25, 0.3) is 0 Å². The van der Waals surface area contributed by atoms with Crippen LogP contribution >= 0.6 is 0 Å². The van der Waals surface area contributed by atoms with E-state index in [1.807, 2.05) is 6.92 Å². The van der Waals surface area contributed by atoms with Gasteiger partial charge in [-0.3, -0.25) is 0 Å². The molecule has 0 heterocycles. The van der Waals surface area contributed by atoms with Crippen molar-refractivity contribution in [2.45, 2.75) is 38.4 Å². The molecule has 0 aromatic heterocycles. The monoisotopic (exact) mass is 257 g/mol. The first-order valence-corrected chi connectivity index (χ1v) is 6.41. The second kappa shape index (κ2) is 5.31. The third-order valence-electron chi connectivity index (χ3n) is 3.42. The van der Waals surface area contributed by atoms with Gasteiger partial charge in [0.1, 0.15) is 0 Å². The second-order valence-corrected chi connectivity index (χ2v) is 4.86. The van der Waals surface area contributed by atoms with Gasteiger partial charge in [0.15, 0.2) is 0 Å². The van der Waals surface area contributed by atoms with Crippen LogP contribution < -0.4 is 5.32 Å². The van der Waals surface area contributed by atoms with Gasteiger partial charge in [0.2, 0.25) is 0 Å². The van der Waals surface area contributed by atoms with E-state index in [-0.39, 0.29) is 6.04 Å². The average molecular weight is 257 g/mol. The minimum atomic E-state index is -4.25. The molecule has 1 aliphatic rings. The van der Waals surface area contributed by atoms with Gasteiger partial charge in [0.05, 0.1) is 5.56 Å². The van der Waals surface area contributed by atoms with E-state index in [9.17, 15) is 13.2 Å². The number of alkyl halides is 3. The van der Waals surface area contributed by atoms with Crippen LogP contribution in [0.3, 0.4) is 0 Å². The number of likely N-dealkylation sites (N-methyl/N-ethyl adjacent to an activating group) is 1. The standard InChI is InChI=1S/C14H18F3N/c1-2-18-13(10-7-8-10)9-11-5-3-4-6-12(11)14(15,16)17/h3-6,10,13,18H,2,7-9H2,1H3. The summed E-state index contributed by atoms with van der Waals surface area (Å²) in [5.41, 5.74) is -0.0867. The van der Waals surface area contributed by atoms with E-state index in [0.717, 1.165) is 19.4 Å². The van der Waals surface area contributed by atoms with E-state index in [1.165, 1.54) is 12.1 Å². The Morgan fingerprint density at radius 3 is 2.50 bits per heavy atom. The number of hydrogen-bond acceptors (Lipinski definition) is 1. The number of hydrogen-bond donors (Lipinski definition) is 1. The van der Waals surface area contributed by atoms with Gasteiger partial charge >= 0.3 is 6.18 Å². The SMILES string of the molecule is CCNC(Cc1ccccc1C(F)(F)F)C1CC1. The van der Waals surface area contributed by atoms with E-state index in [0.29, 0.717) is 17.9 Å². The zero-order valence-corrected chi connectivity index (χ0v) is 10.4. The van der Waals surface area contributed by atoms with E-state index in [4.69, 9.17) is 0 Å². The summed E-state index contributed by atoms with van der Waals surface area (Å²) in [4.78, 5) is 0. The third kappa shape index (κ3) is 3.25. The predicted octanol–water partition coefficient (Wildman–Crippen LogP) is 3.64. The summed E-state index contributed by atoms with van der Waals surface area (Å²) >= 11 is 0. The third-order valence-corrected chi connectivity index (χ3v) is 3.42. The fourth-order valence-electron chi connectivity index (χ4n) is 2.38. The lowest BCUT2D eigenvalue weighted by Crippen LogP contribution is -2.33. The largest absolute Gasteiger partial charge is 0.416 e. The first kappa shape index (κ1) is 13.4. The van der Waals surface area contributed by atoms with Gasteiger partial charge in [-0.2, -0.15) is 13.2 Å². The lowest BCUT2D eigenvalue weighted by molar-refractivity contribution is -0.138. The molecular weight excluding hydrogens is 239 g/mol. The normalized spacial score (nSPS) is 17.8. The van der Waals surface area contributed by atoms with Crippen molar-refractivity contribution in [3.8, 4) is 0 Å². The van der Waals surface area contributed by atoms with Crippen molar-refractivity contribution in [3.63, 3.8) is 0 Å². The topological polar surface area (TPSA) is 12.0 Å². The van der Waals surface area contributed by atoms with Gasteiger partial charge in [-0.1, -0.05) is 25.1 Å². The van der Waals surface area contributed by atoms with Gasteiger partial charge < -0.3 is 5.32 Å². The molecule has 4 heteroatoms. The van der Waals surface area contributed by atoms with Crippen molar-refractivity contribution in [1.82, 2.24) is 5.32 Å². The van der Waals surface area contributed by atoms with E-state index >= 15 is 0 Å². The van der Waals surface area contributed by atoms with Crippen LogP contribution in [-0.4, -0.2) is 12.6 Å². The van der Waals surface area contributed by atoms with Crippen LogP contribution in [0.1, 0.15) is 30.9 Å². The molecule has 1 fully saturated rings. The Kier molecular flexibility index (Phi) is 3.95. The molecule has 1 unspecified atom stereocenters. The molecule has 18 heavy (non-hydrogen) atoms. The Morgan fingerprint density at radius 1 is 1.28 bits per heavy atom. The minimum absolute atomic E-state index is 0.179. The molecule has 0 aliphatic heterocycles. The summed E-state index contributed by atoms with van der Waals surface area (Å²) in [6, 6.07) is 6.07. The quantitative estimate of drug-likeness (QED) is 0.849. The lowest BCUT2D eigenvalue weighted by Gasteiger charge is -2.20. The first-order valence-electron chi connectivity index (χ1n) is 6.41. The van der Waals surface area contributed by atoms with Gasteiger partial charge in [-0.25, -0.2) is 0 Å². The molecule has 1 aromatic carbocycles. The van der Waals surface area contributed by atoms with Crippen molar-refractivity contribution in [3.05, 3.63) is 35.4 Å². The van der Waals surface area contributed by atoms with Crippen LogP contribution in [-0.2, 0) is 12.6 Å². The summed E-state index contributed by atoms with van der Waals surface area (Å²) in [7, 11) is 0. The Labute approximate surface area is 105 Å². The Balaban J connectivity index is 2.17. The number of rotatable bonds is 5. The van der Waals surface area contributed by atoms with Crippen LogP contribution in [0.15, 0.2) is 24.3 Å². The first-order chi connectivity index (χ1) is 8.52. The molecule has 0 radical (unpaired) electrons. The average Bonchev–Trinajstić information content (AvgIpc) is 3.11. The minimum Gasteiger partial charge on any atom is -0.314 e. The Bertz CT molecular complexity index is 396. The summed E-state index contributed by atoms with van der Waals surface area (Å²) in [6.07, 6.45) is -1.52. The molecule has 1 N–H and O–H groups in total. The fraction of sp³-hybridized carbons (Fsp3) is 0.571. The maximum Gasteiger partial charge on any atom is 0.416 e. The smallest absolute Gasteiger partial charge is 0.314 e. The maximum absolute atomic E-state index is 12.9. The highest BCUT2D eigenvalue weighted by atomic mass is 19.4. The zero-order valence-electron chi connectivity index (χ0n) is 10.4. The maximum atomic E-state index is 12.9. The molecule has 2 rings (SSSR count). The zero-order chi connectivity index (χ0) is 13.2. The van der Waals surface area contributed by atoms with E-state index < -0.39 is 11.7 Å². The van der Waals surface area contributed by atoms with Gasteiger partial charge in [-0.15, -0.1) is 0 Å². The summed E-state index contributed by atoms with van der Waals surface area (Å²) < 4.78 is 38.6. The highest BCUT2D eigenvalue weighted by Crippen LogP contribution is 2.37. The van der Waals surface area contributed by atoms with Crippen molar-refractivity contribution < 1.29 is 13.2 Å². The van der Waals surface area contributed by atoms with Gasteiger partial charge in [0.25, 0.3) is 0 Å². The highest BCUT2D eigenvalue weighted by Gasteiger charge is 2.36. The van der Waals surface area contributed by atoms with Crippen LogP contribution in [0.5, 0.6) is 0 Å². The molecule has 0 amide bonds. The summed E-state index contributed by atoms with van der Waals surface area (Å²) in [6.45, 7) is 2.79. The van der Waals surface area contributed by atoms with E-state index in [1.54, 1.807) is 12.1 Å². The van der Waals surface area contributed by atoms with Crippen LogP contribution in [0, 0.1) is 5.92 Å². The molecule has 1 aromatic rings. The Hall–Kier alpha value is -1.03. The molecule has 1 atom stereocenters. The van der Waals surface area contributed by atoms with Crippen molar-refractivity contribution in [2.24, 2.45) is 5.92 Å². The van der Waals surface area contributed by atoms with Gasteiger partial charge in [0, 0.05) is 6.04 Å². The van der Waals surface area contributed by atoms with Crippen molar-refractivity contribution in [2.75, 3.05) is 6.54 Å². The van der Waals surface area contributed by atoms with Gasteiger partial charge in [-0.05, 0) is 43.4 Å². The molecule has 0 spiro atoms. The molecular formula is C14H18F3N. The van der Waals surface area contributed by atoms with Crippen LogP contribution in [0.4, 0.5) is 13.2 Å². The molecule has 100 valence electrons. The molecule has 1 saturated carbocycles. The molecule has 1 aliphatic carbocycles. The molecule has 0 saturated heterocycles. The molecule has 0 bridgehead atoms. The summed E-state index contributed by atoms with van der Waals surface area (Å²) in [5, 5.41) is 3.30. The second-order valence-electron chi connectivity index (χ2n) is 4.86. The Morgan fingerprint density at radius 2 is 1.94 bits per heavy atom. The van der Waals surface area contributed by atoms with E-state index in [2.05, 4.69) is 5.32 Å². The number of benzene rings is 1. The van der Waals surface area contributed by atoms with Crippen LogP contribution in [0.2, 0.25) is 0 Å². The number of halogens is 3.